The first-order chi connectivity index (χ1) is 9.15. The first-order valence-electron chi connectivity index (χ1n) is 5.63. The molecule has 0 aliphatic rings. The molecule has 2 heterocycles. The van der Waals surface area contributed by atoms with Gasteiger partial charge in [0.15, 0.2) is 0 Å². The molecule has 0 bridgehead atoms. The lowest BCUT2D eigenvalue weighted by Gasteiger charge is -2.05. The maximum Gasteiger partial charge on any atom is 0.341 e. The SMILES string of the molecule is CCOC(=O)c1cnn(C)c1Cn1cnc(C#N)n1. The first kappa shape index (κ1) is 12.8. The third-order valence-electron chi connectivity index (χ3n) is 2.51. The second kappa shape index (κ2) is 5.30. The van der Waals surface area contributed by atoms with Crippen LogP contribution in [0.3, 0.4) is 0 Å². The van der Waals surface area contributed by atoms with Gasteiger partial charge in [0.2, 0.25) is 0 Å². The summed E-state index contributed by atoms with van der Waals surface area (Å²) in [7, 11) is 1.72. The van der Waals surface area contributed by atoms with Crippen LogP contribution >= 0.6 is 0 Å². The third-order valence-corrected chi connectivity index (χ3v) is 2.51. The molecule has 0 saturated heterocycles. The minimum atomic E-state index is -0.425. The average molecular weight is 260 g/mol. The van der Waals surface area contributed by atoms with E-state index >= 15 is 0 Å². The molecule has 8 nitrogen and oxygen atoms in total. The van der Waals surface area contributed by atoms with Crippen molar-refractivity contribution < 1.29 is 9.53 Å². The molecule has 2 aromatic rings. The Labute approximate surface area is 109 Å². The highest BCUT2D eigenvalue weighted by atomic mass is 16.5. The highest BCUT2D eigenvalue weighted by Gasteiger charge is 2.17. The van der Waals surface area contributed by atoms with Gasteiger partial charge < -0.3 is 4.74 Å². The molecule has 2 aromatic heterocycles. The second-order valence-electron chi connectivity index (χ2n) is 3.73. The summed E-state index contributed by atoms with van der Waals surface area (Å²) in [6.07, 6.45) is 2.88. The van der Waals surface area contributed by atoms with E-state index in [2.05, 4.69) is 15.2 Å². The molecule has 0 aliphatic carbocycles. The van der Waals surface area contributed by atoms with Gasteiger partial charge >= 0.3 is 5.97 Å². The van der Waals surface area contributed by atoms with Crippen LogP contribution in [0.25, 0.3) is 0 Å². The normalized spacial score (nSPS) is 10.2. The molecule has 0 saturated carbocycles. The van der Waals surface area contributed by atoms with Gasteiger partial charge in [-0.1, -0.05) is 0 Å². The molecule has 2 rings (SSSR count). The summed E-state index contributed by atoms with van der Waals surface area (Å²) in [5.41, 5.74) is 1.03. The monoisotopic (exact) mass is 260 g/mol. The summed E-state index contributed by atoms with van der Waals surface area (Å²) in [6.45, 7) is 2.33. The molecule has 0 amide bonds. The van der Waals surface area contributed by atoms with Crippen LogP contribution in [0, 0.1) is 11.3 Å². The van der Waals surface area contributed by atoms with E-state index in [0.29, 0.717) is 24.4 Å². The van der Waals surface area contributed by atoms with Gasteiger partial charge in [-0.05, 0) is 6.92 Å². The van der Waals surface area contributed by atoms with Crippen LogP contribution in [0.4, 0.5) is 0 Å². The largest absolute Gasteiger partial charge is 0.462 e. The van der Waals surface area contributed by atoms with Gasteiger partial charge in [0.25, 0.3) is 5.82 Å². The summed E-state index contributed by atoms with van der Waals surface area (Å²) in [6, 6.07) is 1.84. The van der Waals surface area contributed by atoms with E-state index in [0.717, 1.165) is 0 Å². The molecular formula is C11H12N6O2. The fourth-order valence-electron chi connectivity index (χ4n) is 1.61. The number of carbonyl (C=O) groups is 1. The summed E-state index contributed by atoms with van der Waals surface area (Å²) >= 11 is 0. The Morgan fingerprint density at radius 2 is 2.37 bits per heavy atom. The third kappa shape index (κ3) is 2.60. The van der Waals surface area contributed by atoms with Crippen molar-refractivity contribution in [2.75, 3.05) is 6.61 Å². The molecule has 0 spiro atoms. The molecule has 0 radical (unpaired) electrons. The van der Waals surface area contributed by atoms with Crippen LogP contribution in [-0.4, -0.2) is 37.1 Å². The van der Waals surface area contributed by atoms with Crippen LogP contribution in [0.2, 0.25) is 0 Å². The van der Waals surface area contributed by atoms with Crippen molar-refractivity contribution >= 4 is 5.97 Å². The number of aromatic nitrogens is 5. The number of ether oxygens (including phenoxy) is 1. The van der Waals surface area contributed by atoms with E-state index in [-0.39, 0.29) is 5.82 Å². The van der Waals surface area contributed by atoms with Crippen molar-refractivity contribution in [2.45, 2.75) is 13.5 Å². The van der Waals surface area contributed by atoms with Crippen LogP contribution < -0.4 is 0 Å². The molecule has 0 atom stereocenters. The zero-order valence-corrected chi connectivity index (χ0v) is 10.6. The van der Waals surface area contributed by atoms with Gasteiger partial charge in [0.05, 0.1) is 25.0 Å². The maximum atomic E-state index is 11.8. The number of rotatable bonds is 4. The number of nitrogens with zero attached hydrogens (tertiary/aromatic N) is 6. The number of nitriles is 1. The smallest absolute Gasteiger partial charge is 0.341 e. The van der Waals surface area contributed by atoms with Gasteiger partial charge in [-0.3, -0.25) is 4.68 Å². The number of aryl methyl sites for hydroxylation is 1. The van der Waals surface area contributed by atoms with Crippen molar-refractivity contribution in [3.63, 3.8) is 0 Å². The molecule has 0 aromatic carbocycles. The Balaban J connectivity index is 2.27. The molecule has 0 unspecified atom stereocenters. The van der Waals surface area contributed by atoms with Crippen LogP contribution in [0.15, 0.2) is 12.5 Å². The second-order valence-corrected chi connectivity index (χ2v) is 3.73. The van der Waals surface area contributed by atoms with Crippen LogP contribution in [0.5, 0.6) is 0 Å². The zero-order valence-electron chi connectivity index (χ0n) is 10.6. The Bertz CT molecular complexity index is 636. The highest BCUT2D eigenvalue weighted by Crippen LogP contribution is 2.10. The molecule has 98 valence electrons. The zero-order chi connectivity index (χ0) is 13.8. The molecular weight excluding hydrogens is 248 g/mol. The summed E-state index contributed by atoms with van der Waals surface area (Å²) < 4.78 is 8.00. The summed E-state index contributed by atoms with van der Waals surface area (Å²) in [4.78, 5) is 15.6. The van der Waals surface area contributed by atoms with E-state index < -0.39 is 5.97 Å². The lowest BCUT2D eigenvalue weighted by molar-refractivity contribution is 0.0524. The molecule has 19 heavy (non-hydrogen) atoms. The van der Waals surface area contributed by atoms with E-state index in [9.17, 15) is 4.79 Å². The number of hydrogen-bond acceptors (Lipinski definition) is 6. The van der Waals surface area contributed by atoms with Crippen molar-refractivity contribution in [2.24, 2.45) is 7.05 Å². The Kier molecular flexibility index (Phi) is 3.56. The lowest BCUT2D eigenvalue weighted by atomic mass is 10.2. The topological polar surface area (TPSA) is 98.6 Å². The highest BCUT2D eigenvalue weighted by molar-refractivity contribution is 5.90. The molecule has 8 heteroatoms. The van der Waals surface area contributed by atoms with Gasteiger partial charge in [0, 0.05) is 7.05 Å². The van der Waals surface area contributed by atoms with Crippen LogP contribution in [-0.2, 0) is 18.3 Å². The molecule has 0 fully saturated rings. The van der Waals surface area contributed by atoms with E-state index in [1.807, 2.05) is 6.07 Å². The minimum absolute atomic E-state index is 0.0832. The molecule has 0 N–H and O–H groups in total. The Morgan fingerprint density at radius 1 is 1.58 bits per heavy atom. The van der Waals surface area contributed by atoms with Crippen molar-refractivity contribution in [1.82, 2.24) is 24.5 Å². The van der Waals surface area contributed by atoms with Crippen molar-refractivity contribution in [3.05, 3.63) is 29.6 Å². The minimum Gasteiger partial charge on any atom is -0.462 e. The standard InChI is InChI=1S/C11H12N6O2/c1-3-19-11(18)8-5-14-16(2)9(8)6-17-7-13-10(4-12)15-17/h5,7H,3,6H2,1-2H3. The number of carbonyl (C=O) groups excluding carboxylic acids is 1. The maximum absolute atomic E-state index is 11.8. The summed E-state index contributed by atoms with van der Waals surface area (Å²) in [5, 5.41) is 16.6. The molecule has 0 aliphatic heterocycles. The summed E-state index contributed by atoms with van der Waals surface area (Å²) in [5.74, 6) is -0.342. The Hall–Kier alpha value is -2.69. The average Bonchev–Trinajstić information content (AvgIpc) is 2.98. The van der Waals surface area contributed by atoms with E-state index in [1.165, 1.54) is 17.2 Å². The van der Waals surface area contributed by atoms with Gasteiger partial charge in [0.1, 0.15) is 18.0 Å². The Morgan fingerprint density at radius 3 is 3.00 bits per heavy atom. The van der Waals surface area contributed by atoms with E-state index in [4.69, 9.17) is 10.00 Å². The fraction of sp³-hybridized carbons (Fsp3) is 0.364. The lowest BCUT2D eigenvalue weighted by Crippen LogP contribution is -2.12. The van der Waals surface area contributed by atoms with E-state index in [1.54, 1.807) is 18.7 Å². The quantitative estimate of drug-likeness (QED) is 0.723. The predicted molar refractivity (Wildman–Crippen MR) is 63.0 cm³/mol. The van der Waals surface area contributed by atoms with Gasteiger partial charge in [-0.15, -0.1) is 5.10 Å². The van der Waals surface area contributed by atoms with Crippen molar-refractivity contribution in [3.8, 4) is 6.07 Å². The van der Waals surface area contributed by atoms with Gasteiger partial charge in [-0.25, -0.2) is 14.5 Å². The van der Waals surface area contributed by atoms with Crippen molar-refractivity contribution in [1.29, 1.82) is 5.26 Å². The number of esters is 1. The van der Waals surface area contributed by atoms with Crippen LogP contribution in [0.1, 0.15) is 28.8 Å². The fourth-order valence-corrected chi connectivity index (χ4v) is 1.61. The predicted octanol–water partition coefficient (Wildman–Crippen LogP) is 0.108. The van der Waals surface area contributed by atoms with Gasteiger partial charge in [-0.2, -0.15) is 10.4 Å². The first-order valence-corrected chi connectivity index (χ1v) is 5.63. The number of hydrogen-bond donors (Lipinski definition) is 0.